The van der Waals surface area contributed by atoms with Gasteiger partial charge in [0.25, 0.3) is 0 Å². The molecule has 2 rings (SSSR count). The minimum Gasteiger partial charge on any atom is -0.293 e. The second kappa shape index (κ2) is 4.00. The van der Waals surface area contributed by atoms with Gasteiger partial charge in [-0.05, 0) is 6.07 Å². The summed E-state index contributed by atoms with van der Waals surface area (Å²) in [7, 11) is 1.93. The molecule has 0 aromatic heterocycles. The molecule has 0 saturated carbocycles. The fourth-order valence-corrected chi connectivity index (χ4v) is 2.31. The van der Waals surface area contributed by atoms with Crippen molar-refractivity contribution in [3.63, 3.8) is 0 Å². The van der Waals surface area contributed by atoms with Crippen LogP contribution in [0.1, 0.15) is 13.3 Å². The number of carbonyl (C=O) groups is 1. The van der Waals surface area contributed by atoms with Crippen LogP contribution in [-0.2, 0) is 4.79 Å². The van der Waals surface area contributed by atoms with Crippen LogP contribution < -0.4 is 4.59 Å². The van der Waals surface area contributed by atoms with Crippen molar-refractivity contribution in [1.82, 2.24) is 4.59 Å². The zero-order valence-electron chi connectivity index (χ0n) is 9.35. The normalized spacial score (nSPS) is 28.3. The molecule has 2 unspecified atom stereocenters. The maximum Gasteiger partial charge on any atom is 0.190 e. The highest BCUT2D eigenvalue weighted by molar-refractivity contribution is 6.30. The van der Waals surface area contributed by atoms with E-state index >= 15 is 0 Å². The predicted molar refractivity (Wildman–Crippen MR) is 66.7 cm³/mol. The van der Waals surface area contributed by atoms with Crippen LogP contribution in [0.5, 0.6) is 0 Å². The molecular weight excluding hydrogens is 224 g/mol. The van der Waals surface area contributed by atoms with Gasteiger partial charge in [0, 0.05) is 24.1 Å². The number of hydrogen-bond acceptors (Lipinski definition) is 2. The molecule has 0 radical (unpaired) electrons. The van der Waals surface area contributed by atoms with Gasteiger partial charge in [-0.3, -0.25) is 4.79 Å². The first-order chi connectivity index (χ1) is 7.54. The van der Waals surface area contributed by atoms with Gasteiger partial charge in [-0.15, -0.1) is 0 Å². The van der Waals surface area contributed by atoms with E-state index in [2.05, 4.69) is 5.10 Å². The summed E-state index contributed by atoms with van der Waals surface area (Å²) in [6.07, 6.45) is 2.51. The molecule has 1 aliphatic heterocycles. The van der Waals surface area contributed by atoms with Crippen molar-refractivity contribution in [3.8, 4) is 0 Å². The molecule has 0 spiro atoms. The van der Waals surface area contributed by atoms with Crippen LogP contribution in [0.2, 0.25) is 5.02 Å². The molecule has 0 bridgehead atoms. The first-order valence-corrected chi connectivity index (χ1v) is 5.58. The largest absolute Gasteiger partial charge is 0.293 e. The summed E-state index contributed by atoms with van der Waals surface area (Å²) < 4.78 is 0.274. The lowest BCUT2D eigenvalue weighted by Crippen LogP contribution is -2.49. The van der Waals surface area contributed by atoms with Gasteiger partial charge >= 0.3 is 0 Å². The van der Waals surface area contributed by atoms with E-state index in [-0.39, 0.29) is 16.4 Å². The molecule has 84 valence electrons. The number of rotatable bonds is 2. The van der Waals surface area contributed by atoms with Crippen LogP contribution in [-0.4, -0.2) is 25.1 Å². The molecular formula is C12H14ClN2O+. The third-order valence-corrected chi connectivity index (χ3v) is 3.29. The number of ketones is 1. The Labute approximate surface area is 99.9 Å². The molecule has 3 nitrogen and oxygen atoms in total. The van der Waals surface area contributed by atoms with E-state index in [9.17, 15) is 4.79 Å². The summed E-state index contributed by atoms with van der Waals surface area (Å²) >= 11 is 5.97. The van der Waals surface area contributed by atoms with Crippen LogP contribution in [0.4, 0.5) is 5.69 Å². The SMILES string of the molecule is CC(=O)C1CC=N[N+]1(C)c1cccc(Cl)c1. The second-order valence-corrected chi connectivity index (χ2v) is 4.60. The summed E-state index contributed by atoms with van der Waals surface area (Å²) in [5, 5.41) is 5.08. The van der Waals surface area contributed by atoms with E-state index in [1.807, 2.05) is 37.5 Å². The van der Waals surface area contributed by atoms with Crippen LogP contribution >= 0.6 is 11.6 Å². The molecule has 1 aromatic rings. The van der Waals surface area contributed by atoms with Crippen molar-refractivity contribution >= 4 is 29.3 Å². The molecule has 0 saturated heterocycles. The van der Waals surface area contributed by atoms with Gasteiger partial charge in [-0.2, -0.15) is 4.59 Å². The molecule has 1 aromatic carbocycles. The Hall–Kier alpha value is -1.19. The highest BCUT2D eigenvalue weighted by Crippen LogP contribution is 2.31. The van der Waals surface area contributed by atoms with Crippen LogP contribution in [0.25, 0.3) is 0 Å². The van der Waals surface area contributed by atoms with Gasteiger partial charge < -0.3 is 0 Å². The zero-order chi connectivity index (χ0) is 11.8. The molecule has 4 heteroatoms. The van der Waals surface area contributed by atoms with E-state index in [0.29, 0.717) is 11.4 Å². The standard InChI is InChI=1S/C12H14ClN2O/c1-9(16)12-6-7-14-15(12,2)11-5-3-4-10(13)8-11/h3-5,7-8,12H,6H2,1-2H3/q+1. The highest BCUT2D eigenvalue weighted by Gasteiger charge is 2.42. The second-order valence-electron chi connectivity index (χ2n) is 4.17. The van der Waals surface area contributed by atoms with Crippen molar-refractivity contribution in [1.29, 1.82) is 0 Å². The number of hydrogen-bond donors (Lipinski definition) is 0. The van der Waals surface area contributed by atoms with Gasteiger partial charge in [0.05, 0.1) is 19.7 Å². The fourth-order valence-electron chi connectivity index (χ4n) is 2.13. The Morgan fingerprint density at radius 1 is 1.56 bits per heavy atom. The van der Waals surface area contributed by atoms with Gasteiger partial charge in [0.1, 0.15) is 0 Å². The maximum atomic E-state index is 11.6. The number of likely N-dealkylation sites (N-methyl/N-ethyl adjacent to an activating group) is 1. The average molecular weight is 238 g/mol. The molecule has 0 N–H and O–H groups in total. The number of Topliss-reactive ketones (excluding diaryl/α,β-unsaturated/α-hetero) is 1. The number of carbonyl (C=O) groups excluding carboxylic acids is 1. The Kier molecular flexibility index (Phi) is 2.82. The summed E-state index contributed by atoms with van der Waals surface area (Å²) in [5.74, 6) is 0.153. The summed E-state index contributed by atoms with van der Waals surface area (Å²) in [5.41, 5.74) is 0.946. The average Bonchev–Trinajstić information content (AvgIpc) is 2.62. The number of quaternary nitrogens is 1. The van der Waals surface area contributed by atoms with Crippen LogP contribution in [0, 0.1) is 0 Å². The predicted octanol–water partition coefficient (Wildman–Crippen LogP) is 2.62. The van der Waals surface area contributed by atoms with Gasteiger partial charge in [-0.25, -0.2) is 0 Å². The van der Waals surface area contributed by atoms with Gasteiger partial charge in [0.15, 0.2) is 17.5 Å². The Balaban J connectivity index is 2.45. The lowest BCUT2D eigenvalue weighted by atomic mass is 10.1. The van der Waals surface area contributed by atoms with Gasteiger partial charge in [-0.1, -0.05) is 22.8 Å². The molecule has 0 fully saturated rings. The lowest BCUT2D eigenvalue weighted by molar-refractivity contribution is -0.120. The fraction of sp³-hybridized carbons (Fsp3) is 0.333. The number of benzene rings is 1. The van der Waals surface area contributed by atoms with E-state index in [1.165, 1.54) is 0 Å². The van der Waals surface area contributed by atoms with Gasteiger partial charge in [0.2, 0.25) is 0 Å². The molecule has 1 aliphatic rings. The van der Waals surface area contributed by atoms with Crippen molar-refractivity contribution < 1.29 is 4.79 Å². The highest BCUT2D eigenvalue weighted by atomic mass is 35.5. The Morgan fingerprint density at radius 3 is 2.94 bits per heavy atom. The van der Waals surface area contributed by atoms with Crippen molar-refractivity contribution in [2.75, 3.05) is 7.05 Å². The Bertz CT molecular complexity index is 458. The quantitative estimate of drug-likeness (QED) is 0.727. The Morgan fingerprint density at radius 2 is 2.31 bits per heavy atom. The summed E-state index contributed by atoms with van der Waals surface area (Å²) in [6.45, 7) is 1.61. The van der Waals surface area contributed by atoms with Crippen molar-refractivity contribution in [2.24, 2.45) is 5.10 Å². The topological polar surface area (TPSA) is 29.4 Å². The van der Waals surface area contributed by atoms with Crippen molar-refractivity contribution in [2.45, 2.75) is 19.4 Å². The zero-order valence-corrected chi connectivity index (χ0v) is 10.1. The molecule has 0 amide bonds. The van der Waals surface area contributed by atoms with E-state index in [4.69, 9.17) is 11.6 Å². The van der Waals surface area contributed by atoms with E-state index in [0.717, 1.165) is 5.69 Å². The number of halogens is 1. The smallest absolute Gasteiger partial charge is 0.190 e. The number of nitrogens with zero attached hydrogens (tertiary/aromatic N) is 2. The monoisotopic (exact) mass is 237 g/mol. The maximum absolute atomic E-state index is 11.6. The molecule has 2 atom stereocenters. The van der Waals surface area contributed by atoms with Crippen molar-refractivity contribution in [3.05, 3.63) is 29.3 Å². The third kappa shape index (κ3) is 1.77. The first kappa shape index (κ1) is 11.3. The lowest BCUT2D eigenvalue weighted by Gasteiger charge is -2.29. The minimum absolute atomic E-state index is 0.126. The first-order valence-electron chi connectivity index (χ1n) is 5.21. The molecule has 0 aliphatic carbocycles. The van der Waals surface area contributed by atoms with Crippen LogP contribution in [0.3, 0.4) is 0 Å². The summed E-state index contributed by atoms with van der Waals surface area (Å²) in [4.78, 5) is 11.6. The van der Waals surface area contributed by atoms with E-state index < -0.39 is 0 Å². The minimum atomic E-state index is -0.126. The van der Waals surface area contributed by atoms with E-state index in [1.54, 1.807) is 6.92 Å². The molecule has 16 heavy (non-hydrogen) atoms. The van der Waals surface area contributed by atoms with Crippen LogP contribution in [0.15, 0.2) is 29.4 Å². The molecule has 1 heterocycles. The summed E-state index contributed by atoms with van der Waals surface area (Å²) in [6, 6.07) is 7.38. The third-order valence-electron chi connectivity index (χ3n) is 3.06.